The molecule has 0 radical (unpaired) electrons. The summed E-state index contributed by atoms with van der Waals surface area (Å²) in [5.41, 5.74) is 6.44. The summed E-state index contributed by atoms with van der Waals surface area (Å²) in [6.45, 7) is 17.6. The van der Waals surface area contributed by atoms with Crippen molar-refractivity contribution in [2.75, 3.05) is 0 Å². The van der Waals surface area contributed by atoms with Crippen molar-refractivity contribution in [3.63, 3.8) is 0 Å². The van der Waals surface area contributed by atoms with Crippen LogP contribution < -0.4 is 31.7 Å². The summed E-state index contributed by atoms with van der Waals surface area (Å²) in [5.74, 6) is 2.78. The lowest BCUT2D eigenvalue weighted by atomic mass is 10.2. The summed E-state index contributed by atoms with van der Waals surface area (Å²) in [4.78, 5) is 0. The van der Waals surface area contributed by atoms with Gasteiger partial charge in [-0.2, -0.15) is 0 Å². The Morgan fingerprint density at radius 1 is 0.279 bits per heavy atom. The number of aryl methyl sites for hydroxylation is 7. The molecule has 16 heteroatoms. The zero-order valence-electron chi connectivity index (χ0n) is 39.6. The Hall–Kier alpha value is -5.98. The third-order valence-electron chi connectivity index (χ3n) is 9.75. The molecular weight excluding hydrogens is 932 g/mol. The van der Waals surface area contributed by atoms with Crippen LogP contribution in [0.2, 0.25) is 0 Å². The molecule has 0 N–H and O–H groups in total. The second kappa shape index (κ2) is 20.7. The summed E-state index contributed by atoms with van der Waals surface area (Å²) in [7, 11) is -17.4. The Morgan fingerprint density at radius 3 is 0.647 bits per heavy atom. The minimum atomic E-state index is -4.40. The van der Waals surface area contributed by atoms with E-state index in [-0.39, 0.29) is 0 Å². The molecule has 1 aliphatic rings. The molecule has 7 aromatic carbocycles. The van der Waals surface area contributed by atoms with Gasteiger partial charge in [-0.15, -0.1) is 9.03 Å². The van der Waals surface area contributed by atoms with Gasteiger partial charge in [0, 0.05) is 0 Å². The van der Waals surface area contributed by atoms with E-state index in [0.717, 1.165) is 38.9 Å². The fourth-order valence-electron chi connectivity index (χ4n) is 6.96. The zero-order valence-corrected chi connectivity index (χ0v) is 43.2. The molecule has 1 heterocycles. The normalized spacial score (nSPS) is 16.8. The molecule has 0 bridgehead atoms. The van der Waals surface area contributed by atoms with Crippen molar-refractivity contribution in [1.82, 2.24) is 0 Å². The summed E-state index contributed by atoms with van der Waals surface area (Å²) in [6.07, 6.45) is -0.550. The van der Waals surface area contributed by atoms with Gasteiger partial charge in [0.2, 0.25) is 0 Å². The van der Waals surface area contributed by atoms with Crippen molar-refractivity contribution in [3.05, 3.63) is 209 Å². The van der Waals surface area contributed by atoms with Crippen molar-refractivity contribution in [2.45, 2.75) is 68.4 Å². The van der Waals surface area contributed by atoms with E-state index in [1.807, 2.05) is 232 Å². The predicted octanol–water partition coefficient (Wildman–Crippen LogP) is 17.9. The number of benzene rings is 7. The van der Waals surface area contributed by atoms with Crippen molar-refractivity contribution in [3.8, 4) is 40.2 Å². The highest BCUT2D eigenvalue weighted by Gasteiger charge is 2.49. The van der Waals surface area contributed by atoms with Crippen LogP contribution in [0.4, 0.5) is 0 Å². The van der Waals surface area contributed by atoms with Crippen LogP contribution in [-0.2, 0) is 4.52 Å². The van der Waals surface area contributed by atoms with Gasteiger partial charge in [-0.25, -0.2) is 0 Å². The van der Waals surface area contributed by atoms with E-state index in [1.165, 1.54) is 0 Å². The molecule has 1 unspecified atom stereocenters. The van der Waals surface area contributed by atoms with Crippen LogP contribution in [0.3, 0.4) is 0 Å². The van der Waals surface area contributed by atoms with Gasteiger partial charge in [0.25, 0.3) is 0 Å². The first kappa shape index (κ1) is 48.5. The average Bonchev–Trinajstić information content (AvgIpc) is 3.23. The monoisotopic (exact) mass is 988 g/mol. The third-order valence-corrected chi connectivity index (χ3v) is 20.8. The van der Waals surface area contributed by atoms with Gasteiger partial charge in [-0.05, 0) is 186 Å². The quantitative estimate of drug-likeness (QED) is 0.0877. The van der Waals surface area contributed by atoms with Crippen molar-refractivity contribution >= 4 is 30.6 Å². The van der Waals surface area contributed by atoms with Gasteiger partial charge in [-0.1, -0.05) is 94.0 Å². The molecule has 0 saturated carbocycles. The van der Waals surface area contributed by atoms with E-state index >= 15 is 0 Å². The van der Waals surface area contributed by atoms with Crippen LogP contribution in [0, 0.1) is 48.5 Å². The molecule has 0 spiro atoms. The van der Waals surface area contributed by atoms with Gasteiger partial charge >= 0.3 is 30.6 Å². The molecule has 68 heavy (non-hydrogen) atoms. The smallest absolute Gasteiger partial charge is 0.422 e. The first-order valence-electron chi connectivity index (χ1n) is 22.1. The molecule has 0 aromatic heterocycles. The minimum absolute atomic E-state index is 0.392. The molecule has 0 aliphatic carbocycles. The maximum atomic E-state index is 7.24. The molecule has 7 aromatic rings. The van der Waals surface area contributed by atoms with E-state index in [4.69, 9.17) is 54.3 Å². The number of rotatable bonds is 16. The fraction of sp³-hybridized carbons (Fsp3) is 0.192. The van der Waals surface area contributed by atoms with Gasteiger partial charge < -0.3 is 31.7 Å². The van der Waals surface area contributed by atoms with Gasteiger partial charge in [0.15, 0.2) is 0 Å². The molecule has 0 fully saturated rings. The molecule has 12 nitrogen and oxygen atoms in total. The maximum absolute atomic E-state index is 7.24. The Labute approximate surface area is 400 Å². The topological polar surface area (TPSA) is 123 Å². The molecule has 8 rings (SSSR count). The first-order chi connectivity index (χ1) is 32.5. The first-order valence-corrected chi connectivity index (χ1v) is 28.3. The fourth-order valence-corrected chi connectivity index (χ4v) is 19.2. The Morgan fingerprint density at radius 2 is 0.456 bits per heavy atom. The number of hydrogen-bond donors (Lipinski definition) is 0. The summed E-state index contributed by atoms with van der Waals surface area (Å²) >= 11 is 0. The summed E-state index contributed by atoms with van der Waals surface area (Å²) in [6, 6.07) is 52.9. The highest BCUT2D eigenvalue weighted by molar-refractivity contribution is 7.79. The molecular formula is C52H56N4O8P4. The SMILES string of the molecule is Cc1cccc(OP2(Oc3cccc(C)c3)=NP(Oc3cccc(C)c3)(Oc3cccc(C)c3)=NP(Oc3cccc(C)c3)(OC(C)C)=NP(Oc3cccc(C)c3)(Oc3cccc(C)c3)=N2)c1. The molecule has 1 aliphatic heterocycles. The van der Waals surface area contributed by atoms with Crippen molar-refractivity contribution < 1.29 is 36.2 Å². The maximum Gasteiger partial charge on any atom is 0.460 e. The van der Waals surface area contributed by atoms with Crippen LogP contribution in [0.5, 0.6) is 40.2 Å². The van der Waals surface area contributed by atoms with Crippen LogP contribution in [0.1, 0.15) is 52.8 Å². The minimum Gasteiger partial charge on any atom is -0.422 e. The second-order valence-electron chi connectivity index (χ2n) is 16.8. The standard InChI is InChI=1S/C52H56N4O8P4/c1-38(2)57-65(58-46-24-10-17-39(3)31-46)53-66(59-47-25-11-18-40(4)32-47,60-48-26-12-19-41(5)33-48)55-68(63-51-29-15-22-44(8)36-51,64-52-30-16-23-45(9)37-52)56-67(54-65,61-49-27-13-20-42(6)34-49)62-50-28-14-21-43(7)35-50/h10-38H,1-9H3. The summed E-state index contributed by atoms with van der Waals surface area (Å²) < 4.78 is 80.1. The Bertz CT molecular complexity index is 2950. The lowest BCUT2D eigenvalue weighted by Crippen LogP contribution is -2.12. The van der Waals surface area contributed by atoms with Crippen molar-refractivity contribution in [1.29, 1.82) is 0 Å². The highest BCUT2D eigenvalue weighted by Crippen LogP contribution is 2.79. The van der Waals surface area contributed by atoms with Gasteiger partial charge in [0.1, 0.15) is 40.2 Å². The predicted molar refractivity (Wildman–Crippen MR) is 276 cm³/mol. The Kier molecular flexibility index (Phi) is 14.8. The van der Waals surface area contributed by atoms with E-state index in [0.29, 0.717) is 40.2 Å². The average molecular weight is 989 g/mol. The van der Waals surface area contributed by atoms with Crippen LogP contribution >= 0.6 is 30.6 Å². The van der Waals surface area contributed by atoms with Crippen LogP contribution in [0.15, 0.2) is 188 Å². The molecule has 1 atom stereocenters. The number of nitrogens with zero attached hydrogens (tertiary/aromatic N) is 4. The summed E-state index contributed by atoms with van der Waals surface area (Å²) in [5, 5.41) is 0. The molecule has 352 valence electrons. The van der Waals surface area contributed by atoms with Gasteiger partial charge in [-0.3, -0.25) is 4.52 Å². The van der Waals surface area contributed by atoms with Gasteiger partial charge in [0.05, 0.1) is 6.10 Å². The third kappa shape index (κ3) is 12.8. The molecule has 0 saturated heterocycles. The van der Waals surface area contributed by atoms with E-state index in [9.17, 15) is 0 Å². The van der Waals surface area contributed by atoms with E-state index in [1.54, 1.807) is 0 Å². The largest absolute Gasteiger partial charge is 0.460 e. The molecule has 0 amide bonds. The number of hydrogen-bond acceptors (Lipinski definition) is 12. The lowest BCUT2D eigenvalue weighted by Gasteiger charge is -2.33. The zero-order chi connectivity index (χ0) is 47.9. The van der Waals surface area contributed by atoms with E-state index in [2.05, 4.69) is 0 Å². The van der Waals surface area contributed by atoms with Crippen LogP contribution in [0.25, 0.3) is 0 Å². The highest BCUT2D eigenvalue weighted by atomic mass is 31.3. The van der Waals surface area contributed by atoms with Crippen LogP contribution in [-0.4, -0.2) is 6.10 Å². The van der Waals surface area contributed by atoms with Crippen molar-refractivity contribution in [2.24, 2.45) is 18.1 Å². The Balaban J connectivity index is 1.61. The van der Waals surface area contributed by atoms with E-state index < -0.39 is 36.7 Å². The lowest BCUT2D eigenvalue weighted by molar-refractivity contribution is 0.236. The second-order valence-corrected chi connectivity index (χ2v) is 25.1.